The number of nitrogens with zero attached hydrogens (tertiary/aromatic N) is 3. The van der Waals surface area contributed by atoms with Crippen molar-refractivity contribution >= 4 is 28.3 Å². The van der Waals surface area contributed by atoms with E-state index in [-0.39, 0.29) is 0 Å². The van der Waals surface area contributed by atoms with E-state index in [9.17, 15) is 0 Å². The second-order valence-electron chi connectivity index (χ2n) is 2.66. The lowest BCUT2D eigenvalue weighted by Crippen LogP contribution is -2.05. The summed E-state index contributed by atoms with van der Waals surface area (Å²) in [5.74, 6) is 1.08. The maximum atomic E-state index is 5.15. The van der Waals surface area contributed by atoms with Gasteiger partial charge in [-0.2, -0.15) is 5.10 Å². The maximum absolute atomic E-state index is 5.15. The van der Waals surface area contributed by atoms with Gasteiger partial charge in [-0.1, -0.05) is 43.7 Å². The predicted octanol–water partition coefficient (Wildman–Crippen LogP) is 2.33. The Hall–Kier alpha value is -0.420. The lowest BCUT2D eigenvalue weighted by atomic mass is 10.3. The van der Waals surface area contributed by atoms with Crippen molar-refractivity contribution in [1.82, 2.24) is 14.8 Å². The summed E-state index contributed by atoms with van der Waals surface area (Å²) in [7, 11) is 0. The van der Waals surface area contributed by atoms with E-state index < -0.39 is 0 Å². The molecule has 0 aliphatic rings. The fourth-order valence-electron chi connectivity index (χ4n) is 0.880. The van der Waals surface area contributed by atoms with Crippen molar-refractivity contribution in [1.29, 1.82) is 0 Å². The fourth-order valence-corrected chi connectivity index (χ4v) is 1.97. The smallest absolute Gasteiger partial charge is 0.163 e. The molecule has 0 spiro atoms. The second-order valence-corrected chi connectivity index (χ2v) is 4.39. The van der Waals surface area contributed by atoms with E-state index >= 15 is 0 Å². The van der Waals surface area contributed by atoms with Gasteiger partial charge < -0.3 is 0 Å². The Kier molecular flexibility index (Phi) is 5.00. The minimum absolute atomic E-state index is 0.786. The van der Waals surface area contributed by atoms with Crippen LogP contribution in [0.15, 0.2) is 12.7 Å². The molecule has 0 bridgehead atoms. The van der Waals surface area contributed by atoms with Gasteiger partial charge >= 0.3 is 0 Å². The molecule has 0 saturated heterocycles. The van der Waals surface area contributed by atoms with Crippen molar-refractivity contribution in [3.63, 3.8) is 0 Å². The van der Waals surface area contributed by atoms with Crippen LogP contribution >= 0.6 is 24.0 Å². The van der Waals surface area contributed by atoms with Crippen molar-refractivity contribution in [2.75, 3.05) is 5.75 Å². The molecule has 0 aliphatic carbocycles. The molecule has 5 heteroatoms. The first-order valence-corrected chi connectivity index (χ1v) is 5.75. The van der Waals surface area contributed by atoms with Crippen molar-refractivity contribution in [2.24, 2.45) is 0 Å². The second kappa shape index (κ2) is 6.10. The van der Waals surface area contributed by atoms with E-state index in [1.54, 1.807) is 22.8 Å². The maximum Gasteiger partial charge on any atom is 0.163 e. The topological polar surface area (TPSA) is 30.7 Å². The van der Waals surface area contributed by atoms with Crippen LogP contribution in [-0.2, 0) is 0 Å². The van der Waals surface area contributed by atoms with E-state index in [0.717, 1.165) is 10.1 Å². The molecule has 0 aliphatic heterocycles. The third-order valence-electron chi connectivity index (χ3n) is 1.58. The summed E-state index contributed by atoms with van der Waals surface area (Å²) in [6.07, 6.45) is 6.87. The average molecular weight is 215 g/mol. The van der Waals surface area contributed by atoms with E-state index in [4.69, 9.17) is 12.2 Å². The summed E-state index contributed by atoms with van der Waals surface area (Å²) in [4.78, 5) is 3.84. The van der Waals surface area contributed by atoms with E-state index in [1.807, 2.05) is 0 Å². The number of rotatable bonds is 4. The third-order valence-corrected chi connectivity index (χ3v) is 3.05. The lowest BCUT2D eigenvalue weighted by Gasteiger charge is -2.01. The highest BCUT2D eigenvalue weighted by Gasteiger charge is 1.99. The number of aromatic nitrogens is 3. The van der Waals surface area contributed by atoms with E-state index in [0.29, 0.717) is 0 Å². The molecule has 0 aromatic carbocycles. The Morgan fingerprint density at radius 3 is 3.00 bits per heavy atom. The summed E-state index contributed by atoms with van der Waals surface area (Å²) in [6, 6.07) is 0. The zero-order valence-corrected chi connectivity index (χ0v) is 9.27. The largest absolute Gasteiger partial charge is 0.223 e. The van der Waals surface area contributed by atoms with Crippen molar-refractivity contribution in [3.8, 4) is 0 Å². The molecule has 0 atom stereocenters. The highest BCUT2D eigenvalue weighted by molar-refractivity contribution is 8.23. The molecule has 3 nitrogen and oxygen atoms in total. The number of thiocarbonyl (C=S) groups is 1. The molecule has 0 unspecified atom stereocenters. The minimum atomic E-state index is 0.786. The van der Waals surface area contributed by atoms with Crippen LogP contribution in [0.5, 0.6) is 0 Å². The average Bonchev–Trinajstić information content (AvgIpc) is 2.65. The molecule has 72 valence electrons. The summed E-state index contributed by atoms with van der Waals surface area (Å²) >= 11 is 6.81. The molecule has 1 aromatic heterocycles. The number of hydrogen-bond donors (Lipinski definition) is 0. The van der Waals surface area contributed by atoms with Crippen LogP contribution in [0, 0.1) is 0 Å². The summed E-state index contributed by atoms with van der Waals surface area (Å²) in [6.45, 7) is 2.19. The summed E-state index contributed by atoms with van der Waals surface area (Å²) < 4.78 is 2.42. The first-order valence-electron chi connectivity index (χ1n) is 4.36. The minimum Gasteiger partial charge on any atom is -0.223 e. The van der Waals surface area contributed by atoms with Gasteiger partial charge in [0.25, 0.3) is 0 Å². The Morgan fingerprint density at radius 1 is 1.54 bits per heavy atom. The third kappa shape index (κ3) is 3.87. The van der Waals surface area contributed by atoms with Crippen LogP contribution in [-0.4, -0.2) is 24.8 Å². The van der Waals surface area contributed by atoms with Gasteiger partial charge in [0.05, 0.1) is 0 Å². The zero-order chi connectivity index (χ0) is 9.52. The molecule has 1 heterocycles. The Balaban J connectivity index is 2.19. The Bertz CT molecular complexity index is 246. The van der Waals surface area contributed by atoms with Gasteiger partial charge in [-0.15, -0.1) is 0 Å². The predicted molar refractivity (Wildman–Crippen MR) is 60.0 cm³/mol. The van der Waals surface area contributed by atoms with Crippen molar-refractivity contribution < 1.29 is 0 Å². The first-order chi connectivity index (χ1) is 6.34. The molecule has 1 aromatic rings. The van der Waals surface area contributed by atoms with Gasteiger partial charge in [-0.05, 0) is 6.42 Å². The Labute approximate surface area is 87.9 Å². The lowest BCUT2D eigenvalue weighted by molar-refractivity contribution is 0.779. The summed E-state index contributed by atoms with van der Waals surface area (Å²) in [5, 5.41) is 3.96. The monoisotopic (exact) mass is 215 g/mol. The van der Waals surface area contributed by atoms with Crippen LogP contribution in [0.4, 0.5) is 0 Å². The molecule has 0 saturated carbocycles. The van der Waals surface area contributed by atoms with Crippen LogP contribution in [0.1, 0.15) is 26.2 Å². The number of unbranched alkanes of at least 4 members (excludes halogenated alkanes) is 2. The molecule has 0 amide bonds. The van der Waals surface area contributed by atoms with Gasteiger partial charge in [0.15, 0.2) is 4.32 Å². The number of hydrogen-bond acceptors (Lipinski definition) is 4. The van der Waals surface area contributed by atoms with Crippen LogP contribution in [0.2, 0.25) is 0 Å². The highest BCUT2D eigenvalue weighted by atomic mass is 32.2. The van der Waals surface area contributed by atoms with Crippen LogP contribution in [0.3, 0.4) is 0 Å². The van der Waals surface area contributed by atoms with Gasteiger partial charge in [0.1, 0.15) is 12.7 Å². The molecular weight excluding hydrogens is 202 g/mol. The van der Waals surface area contributed by atoms with Crippen LogP contribution < -0.4 is 0 Å². The normalized spacial score (nSPS) is 10.2. The molecule has 1 rings (SSSR count). The molecule has 0 radical (unpaired) electrons. The first kappa shape index (κ1) is 10.7. The van der Waals surface area contributed by atoms with Gasteiger partial charge in [-0.25, -0.2) is 9.67 Å². The molecule has 13 heavy (non-hydrogen) atoms. The summed E-state index contributed by atoms with van der Waals surface area (Å²) in [5.41, 5.74) is 0. The van der Waals surface area contributed by atoms with E-state index in [2.05, 4.69) is 17.0 Å². The fraction of sp³-hybridized carbons (Fsp3) is 0.625. The van der Waals surface area contributed by atoms with Crippen LogP contribution in [0.25, 0.3) is 0 Å². The Morgan fingerprint density at radius 2 is 2.38 bits per heavy atom. The van der Waals surface area contributed by atoms with E-state index in [1.165, 1.54) is 25.6 Å². The zero-order valence-electron chi connectivity index (χ0n) is 7.64. The SMILES string of the molecule is CCCCCSC(=S)n1cncn1. The molecule has 0 fully saturated rings. The highest BCUT2D eigenvalue weighted by Crippen LogP contribution is 2.09. The quantitative estimate of drug-likeness (QED) is 0.570. The number of thioether (sulfide) groups is 1. The molecular formula is C8H13N3S2. The standard InChI is InChI=1S/C8H13N3S2/c1-2-3-4-5-13-8(12)11-7-9-6-10-11/h6-7H,2-5H2,1H3. The van der Waals surface area contributed by atoms with Gasteiger partial charge in [0.2, 0.25) is 0 Å². The molecule has 0 N–H and O–H groups in total. The van der Waals surface area contributed by atoms with Gasteiger partial charge in [-0.3, -0.25) is 0 Å². The van der Waals surface area contributed by atoms with Gasteiger partial charge in [0, 0.05) is 5.75 Å². The van der Waals surface area contributed by atoms with Crippen molar-refractivity contribution in [2.45, 2.75) is 26.2 Å². The van der Waals surface area contributed by atoms with Crippen molar-refractivity contribution in [3.05, 3.63) is 12.7 Å².